The molecule has 5 nitrogen and oxygen atoms in total. The van der Waals surface area contributed by atoms with E-state index in [2.05, 4.69) is 15.5 Å². The number of benzene rings is 1. The van der Waals surface area contributed by atoms with Gasteiger partial charge < -0.3 is 10.1 Å². The number of carbonyl (C=O) groups excluding carboxylic acids is 1. The van der Waals surface area contributed by atoms with Crippen LogP contribution >= 0.6 is 11.8 Å². The summed E-state index contributed by atoms with van der Waals surface area (Å²) in [6.45, 7) is 0.579. The molecule has 1 aromatic heterocycles. The number of hydrogen-bond acceptors (Lipinski definition) is 4. The summed E-state index contributed by atoms with van der Waals surface area (Å²) >= 11 is 1.52. The van der Waals surface area contributed by atoms with Gasteiger partial charge in [-0.05, 0) is 42.5 Å². The van der Waals surface area contributed by atoms with Crippen LogP contribution in [0.3, 0.4) is 0 Å². The van der Waals surface area contributed by atoms with Gasteiger partial charge in [0.1, 0.15) is 11.9 Å². The standard InChI is InChI=1S/C16H18FN3O2S/c1-23-9-11-8-10(2-3-12(11)17)16(21)19-13-5-7-22-15(13)14-4-6-18-20-14/h2-4,6,8,13,15H,5,7,9H2,1H3,(H,18,20)(H,19,21)/t13-,15-/m1/s1. The maximum absolute atomic E-state index is 13.7. The lowest BCUT2D eigenvalue weighted by molar-refractivity contribution is 0.0807. The molecule has 1 saturated heterocycles. The van der Waals surface area contributed by atoms with Crippen molar-refractivity contribution in [3.05, 3.63) is 53.1 Å². The molecule has 122 valence electrons. The topological polar surface area (TPSA) is 67.0 Å². The Kier molecular flexibility index (Phi) is 4.97. The third kappa shape index (κ3) is 3.56. The largest absolute Gasteiger partial charge is 0.370 e. The summed E-state index contributed by atoms with van der Waals surface area (Å²) in [6.07, 6.45) is 4.06. The third-order valence-electron chi connectivity index (χ3n) is 3.84. The Hall–Kier alpha value is -1.86. The van der Waals surface area contributed by atoms with Crippen LogP contribution in [-0.2, 0) is 10.5 Å². The maximum atomic E-state index is 13.7. The predicted octanol–water partition coefficient (Wildman–Crippen LogP) is 2.67. The highest BCUT2D eigenvalue weighted by atomic mass is 32.2. The molecule has 3 rings (SSSR count). The minimum absolute atomic E-state index is 0.128. The Labute approximate surface area is 138 Å². The van der Waals surface area contributed by atoms with E-state index in [0.29, 0.717) is 23.5 Å². The van der Waals surface area contributed by atoms with Crippen LogP contribution in [0, 0.1) is 5.82 Å². The molecule has 0 radical (unpaired) electrons. The fourth-order valence-corrected chi connectivity index (χ4v) is 3.24. The summed E-state index contributed by atoms with van der Waals surface area (Å²) in [5.41, 5.74) is 1.85. The molecule has 1 aromatic carbocycles. The van der Waals surface area contributed by atoms with Gasteiger partial charge in [-0.15, -0.1) is 0 Å². The molecule has 1 fully saturated rings. The Bertz CT molecular complexity index is 678. The van der Waals surface area contributed by atoms with Crippen LogP contribution in [0.1, 0.15) is 34.1 Å². The third-order valence-corrected chi connectivity index (χ3v) is 4.44. The SMILES string of the molecule is CSCc1cc(C(=O)N[C@@H]2CCO[C@H]2c2ccn[nH]2)ccc1F. The number of nitrogens with one attached hydrogen (secondary N) is 2. The second-order valence-corrected chi connectivity index (χ2v) is 6.28. The van der Waals surface area contributed by atoms with Crippen molar-refractivity contribution in [1.82, 2.24) is 15.5 Å². The normalized spacial score (nSPS) is 20.6. The highest BCUT2D eigenvalue weighted by Gasteiger charge is 2.32. The van der Waals surface area contributed by atoms with Gasteiger partial charge in [0.15, 0.2) is 0 Å². The van der Waals surface area contributed by atoms with E-state index >= 15 is 0 Å². The number of amides is 1. The molecule has 0 bridgehead atoms. The summed E-state index contributed by atoms with van der Waals surface area (Å²) in [6, 6.07) is 6.18. The van der Waals surface area contributed by atoms with E-state index in [1.165, 1.54) is 23.9 Å². The van der Waals surface area contributed by atoms with E-state index in [-0.39, 0.29) is 23.9 Å². The summed E-state index contributed by atoms with van der Waals surface area (Å²) in [4.78, 5) is 12.5. The van der Waals surface area contributed by atoms with Gasteiger partial charge in [0.05, 0.1) is 11.7 Å². The van der Waals surface area contributed by atoms with Crippen LogP contribution in [0.15, 0.2) is 30.5 Å². The van der Waals surface area contributed by atoms with Crippen molar-refractivity contribution in [1.29, 1.82) is 0 Å². The second-order valence-electron chi connectivity index (χ2n) is 5.41. The molecule has 1 aliphatic rings. The zero-order valence-electron chi connectivity index (χ0n) is 12.7. The highest BCUT2D eigenvalue weighted by Crippen LogP contribution is 2.28. The number of hydrogen-bond donors (Lipinski definition) is 2. The summed E-state index contributed by atoms with van der Waals surface area (Å²) < 4.78 is 19.4. The number of thioether (sulfide) groups is 1. The first-order chi connectivity index (χ1) is 11.2. The summed E-state index contributed by atoms with van der Waals surface area (Å²) in [5.74, 6) is 0.0406. The fraction of sp³-hybridized carbons (Fsp3) is 0.375. The van der Waals surface area contributed by atoms with Gasteiger partial charge in [0.25, 0.3) is 5.91 Å². The van der Waals surface area contributed by atoms with Crippen LogP contribution < -0.4 is 5.32 Å². The number of carbonyl (C=O) groups is 1. The minimum Gasteiger partial charge on any atom is -0.370 e. The van der Waals surface area contributed by atoms with Crippen molar-refractivity contribution in [2.24, 2.45) is 0 Å². The van der Waals surface area contributed by atoms with E-state index in [0.717, 1.165) is 12.1 Å². The number of aromatic nitrogens is 2. The van der Waals surface area contributed by atoms with Gasteiger partial charge in [-0.3, -0.25) is 9.89 Å². The Morgan fingerprint density at radius 1 is 1.52 bits per heavy atom. The monoisotopic (exact) mass is 335 g/mol. The van der Waals surface area contributed by atoms with Crippen LogP contribution in [0.5, 0.6) is 0 Å². The van der Waals surface area contributed by atoms with Crippen molar-refractivity contribution in [2.75, 3.05) is 12.9 Å². The molecule has 23 heavy (non-hydrogen) atoms. The molecule has 2 heterocycles. The summed E-state index contributed by atoms with van der Waals surface area (Å²) in [5, 5.41) is 9.78. The molecule has 7 heteroatoms. The fourth-order valence-electron chi connectivity index (χ4n) is 2.70. The highest BCUT2D eigenvalue weighted by molar-refractivity contribution is 7.97. The lowest BCUT2D eigenvalue weighted by Crippen LogP contribution is -2.37. The number of H-pyrrole nitrogens is 1. The zero-order chi connectivity index (χ0) is 16.2. The van der Waals surface area contributed by atoms with Crippen molar-refractivity contribution < 1.29 is 13.9 Å². The van der Waals surface area contributed by atoms with E-state index < -0.39 is 0 Å². The molecule has 0 aliphatic carbocycles. The molecule has 0 saturated carbocycles. The van der Waals surface area contributed by atoms with Gasteiger partial charge >= 0.3 is 0 Å². The first-order valence-electron chi connectivity index (χ1n) is 7.38. The average Bonchev–Trinajstić information content (AvgIpc) is 3.20. The first kappa shape index (κ1) is 16.0. The number of aromatic amines is 1. The molecule has 0 spiro atoms. The van der Waals surface area contributed by atoms with Gasteiger partial charge in [0.2, 0.25) is 0 Å². The second kappa shape index (κ2) is 7.14. The average molecular weight is 335 g/mol. The number of rotatable bonds is 5. The van der Waals surface area contributed by atoms with Gasteiger partial charge in [-0.25, -0.2) is 4.39 Å². The first-order valence-corrected chi connectivity index (χ1v) is 8.77. The molecule has 0 unspecified atom stereocenters. The van der Waals surface area contributed by atoms with E-state index in [4.69, 9.17) is 4.74 Å². The van der Waals surface area contributed by atoms with E-state index in [9.17, 15) is 9.18 Å². The van der Waals surface area contributed by atoms with Crippen molar-refractivity contribution >= 4 is 17.7 Å². The number of halogens is 1. The predicted molar refractivity (Wildman–Crippen MR) is 86.8 cm³/mol. The lowest BCUT2D eigenvalue weighted by atomic mass is 10.1. The van der Waals surface area contributed by atoms with Crippen LogP contribution in [0.2, 0.25) is 0 Å². The summed E-state index contributed by atoms with van der Waals surface area (Å²) in [7, 11) is 0. The molecule has 2 N–H and O–H groups in total. The molecule has 2 atom stereocenters. The lowest BCUT2D eigenvalue weighted by Gasteiger charge is -2.19. The van der Waals surface area contributed by atoms with Gasteiger partial charge in [-0.1, -0.05) is 0 Å². The minimum atomic E-state index is -0.282. The van der Waals surface area contributed by atoms with Crippen molar-refractivity contribution in [3.63, 3.8) is 0 Å². The van der Waals surface area contributed by atoms with Gasteiger partial charge in [0, 0.05) is 24.1 Å². The van der Waals surface area contributed by atoms with E-state index in [1.807, 2.05) is 12.3 Å². The van der Waals surface area contributed by atoms with Crippen LogP contribution in [0.25, 0.3) is 0 Å². The number of ether oxygens (including phenoxy) is 1. The quantitative estimate of drug-likeness (QED) is 0.881. The van der Waals surface area contributed by atoms with Crippen LogP contribution in [0.4, 0.5) is 4.39 Å². The van der Waals surface area contributed by atoms with Crippen molar-refractivity contribution in [2.45, 2.75) is 24.3 Å². The molecular formula is C16H18FN3O2S. The molecule has 1 amide bonds. The molecule has 2 aromatic rings. The maximum Gasteiger partial charge on any atom is 0.251 e. The Morgan fingerprint density at radius 3 is 3.13 bits per heavy atom. The molecule has 1 aliphatic heterocycles. The smallest absolute Gasteiger partial charge is 0.251 e. The Morgan fingerprint density at radius 2 is 2.39 bits per heavy atom. The number of nitrogens with zero attached hydrogens (tertiary/aromatic N) is 1. The Balaban J connectivity index is 1.72. The van der Waals surface area contributed by atoms with Crippen LogP contribution in [-0.4, -0.2) is 35.0 Å². The van der Waals surface area contributed by atoms with Crippen molar-refractivity contribution in [3.8, 4) is 0 Å². The zero-order valence-corrected chi connectivity index (χ0v) is 13.5. The van der Waals surface area contributed by atoms with Gasteiger partial charge in [-0.2, -0.15) is 16.9 Å². The van der Waals surface area contributed by atoms with E-state index in [1.54, 1.807) is 12.3 Å². The molecular weight excluding hydrogens is 317 g/mol.